The molecule has 2 saturated heterocycles. The van der Waals surface area contributed by atoms with Crippen LogP contribution in [0.15, 0.2) is 11.6 Å². The Morgan fingerprint density at radius 1 is 0.906 bits per heavy atom. The second-order valence-corrected chi connectivity index (χ2v) is 8.82. The summed E-state index contributed by atoms with van der Waals surface area (Å²) in [4.78, 5) is 51.2. The lowest BCUT2D eigenvalue weighted by molar-refractivity contribution is -0.197. The van der Waals surface area contributed by atoms with Gasteiger partial charge in [-0.25, -0.2) is 9.59 Å². The van der Waals surface area contributed by atoms with Crippen molar-refractivity contribution in [2.45, 2.75) is 122 Å². The summed E-state index contributed by atoms with van der Waals surface area (Å²) < 4.78 is 5.25. The van der Waals surface area contributed by atoms with E-state index in [0.29, 0.717) is 23.5 Å². The van der Waals surface area contributed by atoms with E-state index >= 15 is 0 Å². The molecule has 0 aromatic heterocycles. The first-order valence-electron chi connectivity index (χ1n) is 12.5. The van der Waals surface area contributed by atoms with Crippen LogP contribution in [0.3, 0.4) is 0 Å². The molecule has 2 fully saturated rings. The van der Waals surface area contributed by atoms with Gasteiger partial charge in [-0.05, 0) is 25.7 Å². The third-order valence-electron chi connectivity index (χ3n) is 6.05. The first-order chi connectivity index (χ1) is 15.5. The smallest absolute Gasteiger partial charge is 0.338 e. The maximum Gasteiger partial charge on any atom is 0.338 e. The number of carbonyl (C=O) groups excluding carboxylic acids is 4. The number of unbranched alkanes of at least 4 members (excludes halogenated alkanes) is 11. The summed E-state index contributed by atoms with van der Waals surface area (Å²) >= 11 is 0. The van der Waals surface area contributed by atoms with Gasteiger partial charge in [0, 0.05) is 19.3 Å². The molecule has 7 nitrogen and oxygen atoms in total. The molecule has 1 unspecified atom stereocenters. The number of hydrogen-bond acceptors (Lipinski definition) is 6. The number of allylic oxidation sites excluding steroid dienone is 1. The summed E-state index contributed by atoms with van der Waals surface area (Å²) in [7, 11) is 0. The van der Waals surface area contributed by atoms with E-state index in [-0.39, 0.29) is 31.3 Å². The van der Waals surface area contributed by atoms with Gasteiger partial charge >= 0.3 is 11.9 Å². The predicted octanol–water partition coefficient (Wildman–Crippen LogP) is 5.32. The van der Waals surface area contributed by atoms with Crippen LogP contribution in [0.25, 0.3) is 0 Å². The molecule has 0 saturated carbocycles. The van der Waals surface area contributed by atoms with E-state index in [9.17, 15) is 19.2 Å². The highest BCUT2D eigenvalue weighted by Crippen LogP contribution is 2.27. The van der Waals surface area contributed by atoms with Crippen LogP contribution in [-0.4, -0.2) is 34.9 Å². The summed E-state index contributed by atoms with van der Waals surface area (Å²) in [6.45, 7) is 2.24. The molecule has 0 aliphatic carbocycles. The van der Waals surface area contributed by atoms with Gasteiger partial charge in [0.15, 0.2) is 0 Å². The van der Waals surface area contributed by atoms with E-state index in [1.54, 1.807) is 0 Å². The summed E-state index contributed by atoms with van der Waals surface area (Å²) in [5.74, 6) is -1.84. The molecule has 2 aliphatic heterocycles. The maximum absolute atomic E-state index is 11.8. The van der Waals surface area contributed by atoms with Gasteiger partial charge in [-0.3, -0.25) is 9.59 Å². The van der Waals surface area contributed by atoms with Crippen molar-refractivity contribution in [3.8, 4) is 0 Å². The van der Waals surface area contributed by atoms with Gasteiger partial charge in [-0.2, -0.15) is 0 Å². The van der Waals surface area contributed by atoms with E-state index < -0.39 is 17.8 Å². The fourth-order valence-electron chi connectivity index (χ4n) is 4.07. The van der Waals surface area contributed by atoms with Crippen LogP contribution in [0.5, 0.6) is 0 Å². The van der Waals surface area contributed by atoms with Crippen molar-refractivity contribution < 1.29 is 28.8 Å². The summed E-state index contributed by atoms with van der Waals surface area (Å²) in [6.07, 6.45) is 18.0. The van der Waals surface area contributed by atoms with Crippen molar-refractivity contribution in [3.63, 3.8) is 0 Å². The van der Waals surface area contributed by atoms with E-state index in [2.05, 4.69) is 6.92 Å². The molecule has 1 atom stereocenters. The highest BCUT2D eigenvalue weighted by atomic mass is 16.7. The molecule has 2 amide bonds. The SMILES string of the molecule is CCCCCCCCCCCCCC1OC(=O)/C1=C\CCCC(=O)ON1C(=O)CCC1=O. The number of cyclic esters (lactones) is 1. The van der Waals surface area contributed by atoms with Crippen LogP contribution in [0.4, 0.5) is 0 Å². The number of carbonyl (C=O) groups is 4. The Bertz CT molecular complexity index is 655. The quantitative estimate of drug-likeness (QED) is 0.129. The fourth-order valence-corrected chi connectivity index (χ4v) is 4.07. The average Bonchev–Trinajstić information content (AvgIpc) is 3.08. The van der Waals surface area contributed by atoms with Crippen LogP contribution >= 0.6 is 0 Å². The number of hydrogen-bond donors (Lipinski definition) is 0. The molecule has 0 radical (unpaired) electrons. The lowest BCUT2D eigenvalue weighted by Crippen LogP contribution is -2.36. The van der Waals surface area contributed by atoms with Crippen molar-refractivity contribution in [1.82, 2.24) is 5.06 Å². The number of esters is 1. The minimum Gasteiger partial charge on any atom is -0.454 e. The van der Waals surface area contributed by atoms with E-state index in [1.165, 1.54) is 57.8 Å². The predicted molar refractivity (Wildman–Crippen MR) is 120 cm³/mol. The van der Waals surface area contributed by atoms with Gasteiger partial charge in [0.05, 0.1) is 5.57 Å². The molecule has 0 N–H and O–H groups in total. The molecule has 2 heterocycles. The Kier molecular flexibility index (Phi) is 12.1. The largest absolute Gasteiger partial charge is 0.454 e. The van der Waals surface area contributed by atoms with Gasteiger partial charge in [0.1, 0.15) is 6.10 Å². The van der Waals surface area contributed by atoms with Crippen molar-refractivity contribution in [1.29, 1.82) is 0 Å². The molecular formula is C25H39NO6. The Morgan fingerprint density at radius 2 is 1.47 bits per heavy atom. The zero-order valence-corrected chi connectivity index (χ0v) is 19.6. The zero-order chi connectivity index (χ0) is 23.2. The highest BCUT2D eigenvalue weighted by molar-refractivity contribution is 6.01. The molecule has 7 heteroatoms. The topological polar surface area (TPSA) is 90.0 Å². The first kappa shape index (κ1) is 26.1. The Balaban J connectivity index is 1.49. The van der Waals surface area contributed by atoms with Crippen LogP contribution in [0, 0.1) is 0 Å². The molecule has 2 rings (SSSR count). The monoisotopic (exact) mass is 449 g/mol. The van der Waals surface area contributed by atoms with E-state index in [1.807, 2.05) is 6.08 Å². The van der Waals surface area contributed by atoms with Crippen molar-refractivity contribution in [2.75, 3.05) is 0 Å². The number of ether oxygens (including phenoxy) is 1. The van der Waals surface area contributed by atoms with Crippen LogP contribution in [0.2, 0.25) is 0 Å². The second-order valence-electron chi connectivity index (χ2n) is 8.82. The summed E-state index contributed by atoms with van der Waals surface area (Å²) in [5, 5.41) is 0.563. The summed E-state index contributed by atoms with van der Waals surface area (Å²) in [6, 6.07) is 0. The van der Waals surface area contributed by atoms with Gasteiger partial charge in [0.2, 0.25) is 0 Å². The molecule has 0 bridgehead atoms. The number of nitrogens with zero attached hydrogens (tertiary/aromatic N) is 1. The number of rotatable bonds is 17. The van der Waals surface area contributed by atoms with Crippen LogP contribution in [-0.2, 0) is 28.8 Å². The molecule has 0 aromatic carbocycles. The van der Waals surface area contributed by atoms with Crippen molar-refractivity contribution >= 4 is 23.8 Å². The van der Waals surface area contributed by atoms with Gasteiger partial charge < -0.3 is 9.57 Å². The van der Waals surface area contributed by atoms with Crippen LogP contribution in [0.1, 0.15) is 116 Å². The highest BCUT2D eigenvalue weighted by Gasteiger charge is 2.35. The van der Waals surface area contributed by atoms with Gasteiger partial charge in [-0.1, -0.05) is 77.2 Å². The lowest BCUT2D eigenvalue weighted by atomic mass is 9.96. The standard InChI is InChI=1S/C25H39NO6/c1-2-3-4-5-6-7-8-9-10-11-12-16-21-20(25(30)31-21)15-13-14-17-24(29)32-26-22(27)18-19-23(26)28/h15,21H,2-14,16-19H2,1H3/b20-15-. The third-order valence-corrected chi connectivity index (χ3v) is 6.05. The lowest BCUT2D eigenvalue weighted by Gasteiger charge is -2.29. The first-order valence-corrected chi connectivity index (χ1v) is 12.5. The maximum atomic E-state index is 11.8. The zero-order valence-electron chi connectivity index (χ0n) is 19.6. The van der Waals surface area contributed by atoms with Crippen LogP contribution < -0.4 is 0 Å². The van der Waals surface area contributed by atoms with Crippen molar-refractivity contribution in [2.24, 2.45) is 0 Å². The van der Waals surface area contributed by atoms with E-state index in [0.717, 1.165) is 19.3 Å². The average molecular weight is 450 g/mol. The van der Waals surface area contributed by atoms with Crippen molar-refractivity contribution in [3.05, 3.63) is 11.6 Å². The van der Waals surface area contributed by atoms with Gasteiger partial charge in [-0.15, -0.1) is 5.06 Å². The molecule has 2 aliphatic rings. The fraction of sp³-hybridized carbons (Fsp3) is 0.760. The molecule has 0 aromatic rings. The number of imide groups is 1. The Morgan fingerprint density at radius 3 is 2.03 bits per heavy atom. The normalized spacial score (nSPS) is 19.4. The summed E-state index contributed by atoms with van der Waals surface area (Å²) in [5.41, 5.74) is 0.704. The molecule has 32 heavy (non-hydrogen) atoms. The Labute approximate surface area is 191 Å². The molecule has 0 spiro atoms. The number of amides is 2. The number of hydroxylamine groups is 2. The third kappa shape index (κ3) is 9.13. The second kappa shape index (κ2) is 14.8. The molecular weight excluding hydrogens is 410 g/mol. The van der Waals surface area contributed by atoms with Gasteiger partial charge in [0.25, 0.3) is 11.8 Å². The van der Waals surface area contributed by atoms with E-state index in [4.69, 9.17) is 9.57 Å². The minimum atomic E-state index is -0.610. The Hall–Kier alpha value is -2.18. The molecule has 180 valence electrons. The minimum absolute atomic E-state index is 0.0825.